The molecule has 1 aromatic carbocycles. The van der Waals surface area contributed by atoms with Crippen molar-refractivity contribution in [3.8, 4) is 0 Å². The molecule has 1 rings (SSSR count). The molecule has 102 valence electrons. The zero-order chi connectivity index (χ0) is 13.9. The Kier molecular flexibility index (Phi) is 4.72. The molecule has 0 aromatic heterocycles. The fraction of sp³-hybridized carbons (Fsp3) is 0.500. The Labute approximate surface area is 108 Å². The molecule has 0 amide bonds. The van der Waals surface area contributed by atoms with Crippen molar-refractivity contribution < 1.29 is 18.1 Å². The Morgan fingerprint density at radius 1 is 1.22 bits per heavy atom. The summed E-state index contributed by atoms with van der Waals surface area (Å²) in [6.45, 7) is 4.08. The standard InChI is InChI=1S/C12H19NO4S/c1-9-4-10(2)6-11(5-9)13(3)7-12(14)8-18(15,16)17/h4-6,12,14H,7-8H2,1-3H3,(H,15,16,17). The number of nitrogens with zero attached hydrogens (tertiary/aromatic N) is 1. The molecule has 1 aromatic rings. The molecule has 0 spiro atoms. The number of hydrogen-bond acceptors (Lipinski definition) is 4. The van der Waals surface area contributed by atoms with E-state index in [0.29, 0.717) is 0 Å². The lowest BCUT2D eigenvalue weighted by atomic mass is 10.1. The Morgan fingerprint density at radius 2 is 1.72 bits per heavy atom. The van der Waals surface area contributed by atoms with Gasteiger partial charge in [-0.2, -0.15) is 8.42 Å². The summed E-state index contributed by atoms with van der Waals surface area (Å²) >= 11 is 0. The average molecular weight is 273 g/mol. The van der Waals surface area contributed by atoms with Crippen LogP contribution in [0.3, 0.4) is 0 Å². The molecule has 2 N–H and O–H groups in total. The third-order valence-corrected chi connectivity index (χ3v) is 3.34. The highest BCUT2D eigenvalue weighted by Crippen LogP contribution is 2.17. The SMILES string of the molecule is Cc1cc(C)cc(N(C)CC(O)CS(=O)(=O)O)c1. The van der Waals surface area contributed by atoms with Gasteiger partial charge in [0.2, 0.25) is 0 Å². The summed E-state index contributed by atoms with van der Waals surface area (Å²) in [6.07, 6.45) is -1.12. The number of benzene rings is 1. The van der Waals surface area contributed by atoms with Gasteiger partial charge in [-0.05, 0) is 37.1 Å². The lowest BCUT2D eigenvalue weighted by Crippen LogP contribution is -2.33. The topological polar surface area (TPSA) is 77.8 Å². The van der Waals surface area contributed by atoms with Gasteiger partial charge < -0.3 is 10.0 Å². The maximum Gasteiger partial charge on any atom is 0.267 e. The summed E-state index contributed by atoms with van der Waals surface area (Å²) < 4.78 is 29.9. The van der Waals surface area contributed by atoms with Crippen LogP contribution in [-0.4, -0.2) is 43.5 Å². The average Bonchev–Trinajstić information content (AvgIpc) is 2.12. The lowest BCUT2D eigenvalue weighted by Gasteiger charge is -2.23. The van der Waals surface area contributed by atoms with E-state index in [0.717, 1.165) is 16.8 Å². The van der Waals surface area contributed by atoms with Gasteiger partial charge in [0.15, 0.2) is 0 Å². The van der Waals surface area contributed by atoms with Crippen LogP contribution in [-0.2, 0) is 10.1 Å². The van der Waals surface area contributed by atoms with Gasteiger partial charge in [0, 0.05) is 19.3 Å². The Bertz CT molecular complexity index is 493. The number of aryl methyl sites for hydroxylation is 2. The van der Waals surface area contributed by atoms with E-state index in [1.807, 2.05) is 32.0 Å². The van der Waals surface area contributed by atoms with Crippen LogP contribution in [0.1, 0.15) is 11.1 Å². The first-order valence-corrected chi connectivity index (χ1v) is 7.21. The first-order chi connectivity index (χ1) is 8.17. The first-order valence-electron chi connectivity index (χ1n) is 5.60. The van der Waals surface area contributed by atoms with Crippen molar-refractivity contribution in [3.63, 3.8) is 0 Å². The lowest BCUT2D eigenvalue weighted by molar-refractivity contribution is 0.201. The molecular weight excluding hydrogens is 254 g/mol. The largest absolute Gasteiger partial charge is 0.390 e. The maximum atomic E-state index is 10.6. The van der Waals surface area contributed by atoms with Crippen LogP contribution in [0.4, 0.5) is 5.69 Å². The molecule has 18 heavy (non-hydrogen) atoms. The highest BCUT2D eigenvalue weighted by Gasteiger charge is 2.16. The summed E-state index contributed by atoms with van der Waals surface area (Å²) in [7, 11) is -2.38. The molecule has 0 aliphatic carbocycles. The summed E-state index contributed by atoms with van der Waals surface area (Å²) in [4.78, 5) is 1.76. The van der Waals surface area contributed by atoms with E-state index < -0.39 is 22.0 Å². The first kappa shape index (κ1) is 14.9. The molecule has 0 heterocycles. The number of likely N-dealkylation sites (N-methyl/N-ethyl adjacent to an activating group) is 1. The van der Waals surface area contributed by atoms with Crippen LogP contribution >= 0.6 is 0 Å². The molecule has 0 radical (unpaired) electrons. The van der Waals surface area contributed by atoms with Gasteiger partial charge in [-0.15, -0.1) is 0 Å². The quantitative estimate of drug-likeness (QED) is 0.782. The van der Waals surface area contributed by atoms with Gasteiger partial charge in [0.25, 0.3) is 10.1 Å². The zero-order valence-electron chi connectivity index (χ0n) is 10.8. The van der Waals surface area contributed by atoms with Crippen LogP contribution in [0, 0.1) is 13.8 Å². The maximum absolute atomic E-state index is 10.6. The fourth-order valence-corrected chi connectivity index (χ4v) is 2.48. The Hall–Kier alpha value is -1.11. The Balaban J connectivity index is 2.73. The van der Waals surface area contributed by atoms with E-state index in [1.165, 1.54) is 0 Å². The molecule has 0 fully saturated rings. The second-order valence-corrected chi connectivity index (χ2v) is 6.13. The number of aliphatic hydroxyl groups is 1. The highest BCUT2D eigenvalue weighted by molar-refractivity contribution is 7.85. The van der Waals surface area contributed by atoms with Crippen molar-refractivity contribution in [1.29, 1.82) is 0 Å². The van der Waals surface area contributed by atoms with Gasteiger partial charge in [-0.1, -0.05) is 6.07 Å². The van der Waals surface area contributed by atoms with E-state index >= 15 is 0 Å². The second kappa shape index (κ2) is 5.69. The zero-order valence-corrected chi connectivity index (χ0v) is 11.6. The smallest absolute Gasteiger partial charge is 0.267 e. The van der Waals surface area contributed by atoms with Gasteiger partial charge in [-0.3, -0.25) is 4.55 Å². The molecule has 0 saturated carbocycles. The van der Waals surface area contributed by atoms with Gasteiger partial charge in [0.05, 0.1) is 6.10 Å². The van der Waals surface area contributed by atoms with E-state index in [9.17, 15) is 13.5 Å². The van der Waals surface area contributed by atoms with Gasteiger partial charge in [0.1, 0.15) is 5.75 Å². The third kappa shape index (κ3) is 5.03. The third-order valence-electron chi connectivity index (χ3n) is 2.53. The van der Waals surface area contributed by atoms with E-state index in [-0.39, 0.29) is 6.54 Å². The molecular formula is C12H19NO4S. The summed E-state index contributed by atoms with van der Waals surface area (Å²) in [5.74, 6) is -0.651. The van der Waals surface area contributed by atoms with Crippen LogP contribution < -0.4 is 4.90 Å². The van der Waals surface area contributed by atoms with Crippen LogP contribution in [0.2, 0.25) is 0 Å². The predicted octanol–water partition coefficient (Wildman–Crippen LogP) is 0.988. The Morgan fingerprint density at radius 3 is 2.17 bits per heavy atom. The minimum Gasteiger partial charge on any atom is -0.390 e. The molecule has 5 nitrogen and oxygen atoms in total. The second-order valence-electron chi connectivity index (χ2n) is 4.63. The van der Waals surface area contributed by atoms with Gasteiger partial charge >= 0.3 is 0 Å². The van der Waals surface area contributed by atoms with E-state index in [1.54, 1.807) is 11.9 Å². The molecule has 1 atom stereocenters. The van der Waals surface area contributed by atoms with Crippen LogP contribution in [0.15, 0.2) is 18.2 Å². The molecule has 6 heteroatoms. The predicted molar refractivity (Wildman–Crippen MR) is 71.6 cm³/mol. The minimum atomic E-state index is -4.14. The summed E-state index contributed by atoms with van der Waals surface area (Å²) in [6, 6.07) is 5.94. The molecule has 0 aliphatic rings. The molecule has 1 unspecified atom stereocenters. The van der Waals surface area contributed by atoms with E-state index in [2.05, 4.69) is 0 Å². The van der Waals surface area contributed by atoms with Crippen molar-refractivity contribution >= 4 is 15.8 Å². The number of hydrogen-bond donors (Lipinski definition) is 2. The van der Waals surface area contributed by atoms with Crippen molar-refractivity contribution in [2.75, 3.05) is 24.2 Å². The minimum absolute atomic E-state index is 0.142. The normalized spacial score (nSPS) is 13.4. The van der Waals surface area contributed by atoms with Crippen LogP contribution in [0.25, 0.3) is 0 Å². The summed E-state index contributed by atoms with van der Waals surface area (Å²) in [5.41, 5.74) is 3.10. The fourth-order valence-electron chi connectivity index (χ4n) is 1.89. The number of rotatable bonds is 5. The highest BCUT2D eigenvalue weighted by atomic mass is 32.2. The van der Waals surface area contributed by atoms with Crippen molar-refractivity contribution in [2.45, 2.75) is 20.0 Å². The van der Waals surface area contributed by atoms with Crippen molar-refractivity contribution in [3.05, 3.63) is 29.3 Å². The van der Waals surface area contributed by atoms with Gasteiger partial charge in [-0.25, -0.2) is 0 Å². The molecule has 0 bridgehead atoms. The van der Waals surface area contributed by atoms with Crippen molar-refractivity contribution in [2.24, 2.45) is 0 Å². The summed E-state index contributed by atoms with van der Waals surface area (Å²) in [5, 5.41) is 9.57. The monoisotopic (exact) mass is 273 g/mol. The number of aliphatic hydroxyl groups excluding tert-OH is 1. The van der Waals surface area contributed by atoms with Crippen LogP contribution in [0.5, 0.6) is 0 Å². The molecule has 0 aliphatic heterocycles. The van der Waals surface area contributed by atoms with E-state index in [4.69, 9.17) is 4.55 Å². The molecule has 0 saturated heterocycles. The number of anilines is 1. The van der Waals surface area contributed by atoms with Crippen molar-refractivity contribution in [1.82, 2.24) is 0 Å².